The molecule has 1 saturated heterocycles. The zero-order valence-corrected chi connectivity index (χ0v) is 20.7. The average molecular weight is 532 g/mol. The fourth-order valence-corrected chi connectivity index (χ4v) is 10.4. The van der Waals surface area contributed by atoms with Crippen LogP contribution in [-0.2, 0) is 24.6 Å². The van der Waals surface area contributed by atoms with Crippen LogP contribution in [-0.4, -0.2) is 34.7 Å². The minimum atomic E-state index is -4.28. The van der Waals surface area contributed by atoms with Gasteiger partial charge in [0.1, 0.15) is 10.6 Å². The molecule has 11 heteroatoms. The summed E-state index contributed by atoms with van der Waals surface area (Å²) >= 11 is 5.97. The van der Waals surface area contributed by atoms with E-state index in [4.69, 9.17) is 16.3 Å². The Morgan fingerprint density at radius 2 is 1.82 bits per heavy atom. The number of sulfonamides is 1. The lowest BCUT2D eigenvalue weighted by Gasteiger charge is -2.54. The third kappa shape index (κ3) is 3.32. The Morgan fingerprint density at radius 3 is 2.50 bits per heavy atom. The van der Waals surface area contributed by atoms with Crippen molar-refractivity contribution >= 4 is 31.5 Å². The van der Waals surface area contributed by atoms with Gasteiger partial charge in [-0.15, -0.1) is 0 Å². The second-order valence-electron chi connectivity index (χ2n) is 9.24. The van der Waals surface area contributed by atoms with Crippen LogP contribution in [0.2, 0.25) is 5.02 Å². The van der Waals surface area contributed by atoms with E-state index in [1.165, 1.54) is 24.3 Å². The summed E-state index contributed by atoms with van der Waals surface area (Å²) in [4.78, 5) is -0.0553. The maximum Gasteiger partial charge on any atom is 0.214 e. The van der Waals surface area contributed by atoms with E-state index in [2.05, 4.69) is 4.72 Å². The second-order valence-corrected chi connectivity index (χ2v) is 13.9. The third-order valence-corrected chi connectivity index (χ3v) is 12.5. The largest absolute Gasteiger partial charge is 0.490 e. The SMILES string of the molecule is CC[C@@H]1C[C@H]2[C@H](CC[C@@]3(S(=O)(=O)c4ccc(Cl)cc4)c4c(F)ccc(F)c4OC[C@@H]23)NS1(=O)=O. The number of sulfone groups is 1. The average Bonchev–Trinajstić information content (AvgIpc) is 2.79. The molecule has 6 nitrogen and oxygen atoms in total. The van der Waals surface area contributed by atoms with Gasteiger partial charge in [0.2, 0.25) is 10.0 Å². The van der Waals surface area contributed by atoms with Crippen molar-refractivity contribution in [2.75, 3.05) is 6.61 Å². The molecule has 0 radical (unpaired) electrons. The maximum atomic E-state index is 15.4. The molecule has 5 atom stereocenters. The topological polar surface area (TPSA) is 89.5 Å². The van der Waals surface area contributed by atoms with Crippen molar-refractivity contribution in [3.05, 3.63) is 58.6 Å². The molecule has 3 aliphatic rings. The number of hydrogen-bond acceptors (Lipinski definition) is 5. The summed E-state index contributed by atoms with van der Waals surface area (Å²) in [5.41, 5.74) is -0.307. The van der Waals surface area contributed by atoms with Crippen molar-refractivity contribution in [2.45, 2.75) is 53.5 Å². The Labute approximate surface area is 202 Å². The lowest BCUT2D eigenvalue weighted by atomic mass is 9.64. The van der Waals surface area contributed by atoms with Crippen molar-refractivity contribution in [3.63, 3.8) is 0 Å². The third-order valence-electron chi connectivity index (χ3n) is 7.70. The lowest BCUT2D eigenvalue weighted by Crippen LogP contribution is -2.63. The summed E-state index contributed by atoms with van der Waals surface area (Å²) in [7, 11) is -7.84. The molecular formula is C23H24ClF2NO5S2. The Kier molecular flexibility index (Phi) is 5.74. The summed E-state index contributed by atoms with van der Waals surface area (Å²) in [6.45, 7) is 1.59. The molecule has 2 heterocycles. The smallest absolute Gasteiger partial charge is 0.214 e. The molecule has 1 N–H and O–H groups in total. The van der Waals surface area contributed by atoms with Crippen molar-refractivity contribution in [2.24, 2.45) is 11.8 Å². The zero-order valence-electron chi connectivity index (χ0n) is 18.3. The number of benzene rings is 2. The van der Waals surface area contributed by atoms with Crippen molar-refractivity contribution < 1.29 is 30.4 Å². The van der Waals surface area contributed by atoms with E-state index in [9.17, 15) is 21.2 Å². The molecule has 1 aliphatic carbocycles. The number of rotatable bonds is 3. The fraction of sp³-hybridized carbons (Fsp3) is 0.478. The number of fused-ring (bicyclic) bond motifs is 5. The van der Waals surface area contributed by atoms with Crippen LogP contribution in [0.1, 0.15) is 38.2 Å². The van der Waals surface area contributed by atoms with Gasteiger partial charge in [0.25, 0.3) is 0 Å². The summed E-state index contributed by atoms with van der Waals surface area (Å²) in [6.07, 6.45) is 0.649. The van der Waals surface area contributed by atoms with Crippen molar-refractivity contribution in [3.8, 4) is 5.75 Å². The summed E-state index contributed by atoms with van der Waals surface area (Å²) in [6, 6.07) is 6.94. The summed E-state index contributed by atoms with van der Waals surface area (Å²) in [5.74, 6) is -3.30. The molecular weight excluding hydrogens is 508 g/mol. The molecule has 0 amide bonds. The maximum absolute atomic E-state index is 15.4. The first kappa shape index (κ1) is 24.0. The van der Waals surface area contributed by atoms with Crippen LogP contribution in [0.3, 0.4) is 0 Å². The molecule has 184 valence electrons. The molecule has 0 unspecified atom stereocenters. The molecule has 34 heavy (non-hydrogen) atoms. The quantitative estimate of drug-likeness (QED) is 0.642. The normalized spacial score (nSPS) is 32.1. The van der Waals surface area contributed by atoms with Gasteiger partial charge in [-0.1, -0.05) is 18.5 Å². The van der Waals surface area contributed by atoms with Gasteiger partial charge in [-0.3, -0.25) is 0 Å². The molecule has 2 aromatic rings. The number of nitrogens with one attached hydrogen (secondary N) is 1. The van der Waals surface area contributed by atoms with Crippen LogP contribution in [0.25, 0.3) is 0 Å². The standard InChI is InChI=1S/C23H24ClF2NO5S2/c1-2-14-11-16-17-12-32-22-19(26)8-7-18(25)21(22)23(17,10-9-20(16)27-34(14,30)31)33(28,29)15-5-3-13(24)4-6-15/h3-8,14,16-17,20,27H,2,9-12H2,1H3/t14-,16-,17+,20+,23+/m1/s1. The minimum absolute atomic E-state index is 0.0553. The second kappa shape index (κ2) is 8.15. The van der Waals surface area contributed by atoms with Gasteiger partial charge in [-0.25, -0.2) is 30.3 Å². The number of hydrogen-bond donors (Lipinski definition) is 1. The van der Waals surface area contributed by atoms with Gasteiger partial charge in [0.05, 0.1) is 22.3 Å². The van der Waals surface area contributed by atoms with E-state index in [0.29, 0.717) is 11.4 Å². The van der Waals surface area contributed by atoms with Crippen LogP contribution >= 0.6 is 11.6 Å². The van der Waals surface area contributed by atoms with Crippen molar-refractivity contribution in [1.29, 1.82) is 0 Å². The highest BCUT2D eigenvalue weighted by atomic mass is 35.5. The van der Waals surface area contributed by atoms with Gasteiger partial charge in [-0.2, -0.15) is 0 Å². The highest BCUT2D eigenvalue weighted by molar-refractivity contribution is 7.92. The van der Waals surface area contributed by atoms with Gasteiger partial charge < -0.3 is 4.74 Å². The van der Waals surface area contributed by atoms with Gasteiger partial charge in [-0.05, 0) is 68.0 Å². The Balaban J connectivity index is 1.75. The Morgan fingerprint density at radius 1 is 1.15 bits per heavy atom. The highest BCUT2D eigenvalue weighted by Gasteiger charge is 2.64. The van der Waals surface area contributed by atoms with E-state index in [-0.39, 0.29) is 36.3 Å². The van der Waals surface area contributed by atoms with E-state index < -0.39 is 65.1 Å². The first-order chi connectivity index (χ1) is 16.0. The Hall–Kier alpha value is -1.75. The molecule has 5 rings (SSSR count). The number of ether oxygens (including phenoxy) is 1. The monoisotopic (exact) mass is 531 g/mol. The van der Waals surface area contributed by atoms with Crippen LogP contribution in [0.4, 0.5) is 8.78 Å². The molecule has 0 spiro atoms. The molecule has 0 bridgehead atoms. The van der Waals surface area contributed by atoms with Crippen LogP contribution in [0, 0.1) is 23.5 Å². The predicted octanol–water partition coefficient (Wildman–Crippen LogP) is 4.18. The van der Waals surface area contributed by atoms with E-state index in [1.54, 1.807) is 6.92 Å². The molecule has 2 aromatic carbocycles. The minimum Gasteiger partial charge on any atom is -0.490 e. The first-order valence-corrected chi connectivity index (χ1v) is 14.6. The van der Waals surface area contributed by atoms with Gasteiger partial charge in [0, 0.05) is 17.0 Å². The predicted molar refractivity (Wildman–Crippen MR) is 123 cm³/mol. The van der Waals surface area contributed by atoms with Gasteiger partial charge >= 0.3 is 0 Å². The Bertz CT molecular complexity index is 1350. The highest BCUT2D eigenvalue weighted by Crippen LogP contribution is 2.59. The van der Waals surface area contributed by atoms with Crippen molar-refractivity contribution in [1.82, 2.24) is 4.72 Å². The molecule has 2 aliphatic heterocycles. The molecule has 1 saturated carbocycles. The molecule has 2 fully saturated rings. The fourth-order valence-electron chi connectivity index (χ4n) is 6.10. The summed E-state index contributed by atoms with van der Waals surface area (Å²) in [5, 5.41) is -0.365. The van der Waals surface area contributed by atoms with Crippen LogP contribution in [0.5, 0.6) is 5.75 Å². The lowest BCUT2D eigenvalue weighted by molar-refractivity contribution is 0.0491. The van der Waals surface area contributed by atoms with Crippen LogP contribution < -0.4 is 9.46 Å². The zero-order chi connectivity index (χ0) is 24.5. The number of halogens is 3. The molecule has 0 aromatic heterocycles. The van der Waals surface area contributed by atoms with E-state index in [0.717, 1.165) is 12.1 Å². The van der Waals surface area contributed by atoms with Crippen LogP contribution in [0.15, 0.2) is 41.3 Å². The summed E-state index contributed by atoms with van der Waals surface area (Å²) < 4.78 is 90.7. The van der Waals surface area contributed by atoms with Gasteiger partial charge in [0.15, 0.2) is 21.4 Å². The first-order valence-electron chi connectivity index (χ1n) is 11.2. The van der Waals surface area contributed by atoms with E-state index in [1.807, 2.05) is 0 Å². The van der Waals surface area contributed by atoms with E-state index >= 15 is 4.39 Å².